The molecule has 66 valence electrons. The number of anilines is 1. The van der Waals surface area contributed by atoms with E-state index >= 15 is 0 Å². The predicted octanol–water partition coefficient (Wildman–Crippen LogP) is 2.00. The van der Waals surface area contributed by atoms with Crippen molar-refractivity contribution in [3.8, 4) is 5.06 Å². The van der Waals surface area contributed by atoms with Gasteiger partial charge in [0.2, 0.25) is 0 Å². The van der Waals surface area contributed by atoms with E-state index in [2.05, 4.69) is 0 Å². The maximum Gasteiger partial charge on any atom is 0.183 e. The van der Waals surface area contributed by atoms with Crippen molar-refractivity contribution >= 4 is 33.4 Å². The Morgan fingerprint density at radius 1 is 1.46 bits per heavy atom. The van der Waals surface area contributed by atoms with Crippen LogP contribution < -0.4 is 5.73 Å². The molecule has 0 amide bonds. The number of benzene rings is 1. The van der Waals surface area contributed by atoms with Crippen LogP contribution in [0.4, 0.5) is 5.69 Å². The SMILES string of the molecule is Nc1cccc2sc(O)c(C=O)c12. The first-order chi connectivity index (χ1) is 6.24. The summed E-state index contributed by atoms with van der Waals surface area (Å²) >= 11 is 1.16. The average Bonchev–Trinajstić information content (AvgIpc) is 2.42. The number of hydrogen-bond donors (Lipinski definition) is 2. The molecule has 2 aromatic rings. The standard InChI is InChI=1S/C9H7NO2S/c10-6-2-1-3-7-8(6)5(4-11)9(12)13-7/h1-4,12H,10H2. The van der Waals surface area contributed by atoms with Crippen LogP contribution in [0.5, 0.6) is 5.06 Å². The third kappa shape index (κ3) is 1.07. The van der Waals surface area contributed by atoms with E-state index in [1.165, 1.54) is 0 Å². The lowest BCUT2D eigenvalue weighted by Gasteiger charge is -1.95. The number of aromatic hydroxyl groups is 1. The van der Waals surface area contributed by atoms with Crippen LogP contribution in [0.15, 0.2) is 18.2 Å². The van der Waals surface area contributed by atoms with Gasteiger partial charge in [0.25, 0.3) is 0 Å². The molecule has 13 heavy (non-hydrogen) atoms. The number of hydrogen-bond acceptors (Lipinski definition) is 4. The molecule has 0 aliphatic heterocycles. The summed E-state index contributed by atoms with van der Waals surface area (Å²) in [5, 5.41) is 10.1. The number of nitrogens with two attached hydrogens (primary N) is 1. The molecule has 1 aromatic heterocycles. The minimum Gasteiger partial charge on any atom is -0.499 e. The largest absolute Gasteiger partial charge is 0.499 e. The lowest BCUT2D eigenvalue weighted by atomic mass is 10.1. The first-order valence-corrected chi connectivity index (χ1v) is 4.51. The van der Waals surface area contributed by atoms with E-state index in [1.807, 2.05) is 6.07 Å². The summed E-state index contributed by atoms with van der Waals surface area (Å²) in [6.45, 7) is 0. The Morgan fingerprint density at radius 3 is 2.92 bits per heavy atom. The van der Waals surface area contributed by atoms with E-state index in [9.17, 15) is 9.90 Å². The molecule has 0 radical (unpaired) electrons. The Balaban J connectivity index is 2.96. The zero-order valence-corrected chi connectivity index (χ0v) is 7.47. The lowest BCUT2D eigenvalue weighted by molar-refractivity contribution is 0.112. The van der Waals surface area contributed by atoms with E-state index in [0.717, 1.165) is 16.0 Å². The first kappa shape index (κ1) is 8.07. The third-order valence-corrected chi connectivity index (χ3v) is 2.86. The van der Waals surface area contributed by atoms with E-state index in [4.69, 9.17) is 5.73 Å². The van der Waals surface area contributed by atoms with Crippen LogP contribution in [-0.4, -0.2) is 11.4 Å². The molecule has 4 heteroatoms. The normalized spacial score (nSPS) is 10.5. The Labute approximate surface area is 78.4 Å². The summed E-state index contributed by atoms with van der Waals surface area (Å²) in [5.41, 5.74) is 6.50. The molecule has 3 N–H and O–H groups in total. The van der Waals surface area contributed by atoms with Gasteiger partial charge in [0.05, 0.1) is 5.56 Å². The van der Waals surface area contributed by atoms with Gasteiger partial charge in [-0.1, -0.05) is 17.4 Å². The van der Waals surface area contributed by atoms with Crippen molar-refractivity contribution in [2.75, 3.05) is 5.73 Å². The lowest BCUT2D eigenvalue weighted by Crippen LogP contribution is -1.86. The maximum atomic E-state index is 10.6. The van der Waals surface area contributed by atoms with Crippen LogP contribution in [0.1, 0.15) is 10.4 Å². The Bertz CT molecular complexity index is 476. The van der Waals surface area contributed by atoms with Crippen molar-refractivity contribution in [3.05, 3.63) is 23.8 Å². The summed E-state index contributed by atoms with van der Waals surface area (Å²) in [4.78, 5) is 10.6. The molecule has 0 saturated carbocycles. The number of thiophene rings is 1. The maximum absolute atomic E-state index is 10.6. The summed E-state index contributed by atoms with van der Waals surface area (Å²) in [7, 11) is 0. The smallest absolute Gasteiger partial charge is 0.183 e. The highest BCUT2D eigenvalue weighted by molar-refractivity contribution is 7.21. The number of aldehydes is 1. The second kappa shape index (κ2) is 2.74. The number of rotatable bonds is 1. The molecule has 0 bridgehead atoms. The van der Waals surface area contributed by atoms with Gasteiger partial charge < -0.3 is 10.8 Å². The zero-order chi connectivity index (χ0) is 9.42. The van der Waals surface area contributed by atoms with Gasteiger partial charge >= 0.3 is 0 Å². The highest BCUT2D eigenvalue weighted by Gasteiger charge is 2.11. The van der Waals surface area contributed by atoms with Crippen molar-refractivity contribution in [3.63, 3.8) is 0 Å². The molecule has 0 fully saturated rings. The summed E-state index contributed by atoms with van der Waals surface area (Å²) < 4.78 is 0.833. The van der Waals surface area contributed by atoms with Gasteiger partial charge in [0.15, 0.2) is 11.3 Å². The minimum atomic E-state index is 0.0305. The van der Waals surface area contributed by atoms with E-state index < -0.39 is 0 Å². The molecule has 0 saturated heterocycles. The molecule has 2 rings (SSSR count). The summed E-state index contributed by atoms with van der Waals surface area (Å²) in [5.74, 6) is 0. The van der Waals surface area contributed by atoms with Crippen molar-refractivity contribution in [2.24, 2.45) is 0 Å². The first-order valence-electron chi connectivity index (χ1n) is 3.69. The van der Waals surface area contributed by atoms with E-state index in [-0.39, 0.29) is 10.6 Å². The topological polar surface area (TPSA) is 63.3 Å². The van der Waals surface area contributed by atoms with E-state index in [0.29, 0.717) is 17.4 Å². The van der Waals surface area contributed by atoms with E-state index in [1.54, 1.807) is 12.1 Å². The second-order valence-electron chi connectivity index (χ2n) is 2.66. The monoisotopic (exact) mass is 193 g/mol. The molecular formula is C9H7NO2S. The average molecular weight is 193 g/mol. The molecule has 0 unspecified atom stereocenters. The fraction of sp³-hybridized carbons (Fsp3) is 0. The Hall–Kier alpha value is -1.55. The number of fused-ring (bicyclic) bond motifs is 1. The molecule has 0 aliphatic rings. The molecule has 3 nitrogen and oxygen atoms in total. The summed E-state index contributed by atoms with van der Waals surface area (Å²) in [6.07, 6.45) is 0.629. The van der Waals surface area contributed by atoms with Crippen molar-refractivity contribution in [2.45, 2.75) is 0 Å². The molecular weight excluding hydrogens is 186 g/mol. The second-order valence-corrected chi connectivity index (χ2v) is 3.69. The molecule has 0 spiro atoms. The highest BCUT2D eigenvalue weighted by Crippen LogP contribution is 2.38. The van der Waals surface area contributed by atoms with Crippen molar-refractivity contribution in [1.29, 1.82) is 0 Å². The van der Waals surface area contributed by atoms with Crippen LogP contribution in [0.3, 0.4) is 0 Å². The quantitative estimate of drug-likeness (QED) is 0.537. The summed E-state index contributed by atoms with van der Waals surface area (Å²) in [6, 6.07) is 5.33. The molecule has 1 heterocycles. The zero-order valence-electron chi connectivity index (χ0n) is 6.65. The fourth-order valence-corrected chi connectivity index (χ4v) is 2.24. The molecule has 0 atom stereocenters. The fourth-order valence-electron chi connectivity index (χ4n) is 1.30. The number of nitrogen functional groups attached to an aromatic ring is 1. The van der Waals surface area contributed by atoms with Crippen LogP contribution in [0.2, 0.25) is 0 Å². The minimum absolute atomic E-state index is 0.0305. The predicted molar refractivity (Wildman–Crippen MR) is 53.3 cm³/mol. The van der Waals surface area contributed by atoms with Gasteiger partial charge in [0.1, 0.15) is 0 Å². The van der Waals surface area contributed by atoms with Crippen LogP contribution in [0.25, 0.3) is 10.1 Å². The van der Waals surface area contributed by atoms with Gasteiger partial charge in [-0.05, 0) is 12.1 Å². The third-order valence-electron chi connectivity index (χ3n) is 1.88. The van der Waals surface area contributed by atoms with Gasteiger partial charge in [-0.25, -0.2) is 0 Å². The number of carbonyl (C=O) groups excluding carboxylic acids is 1. The van der Waals surface area contributed by atoms with Crippen LogP contribution >= 0.6 is 11.3 Å². The molecule has 1 aromatic carbocycles. The van der Waals surface area contributed by atoms with Crippen LogP contribution in [-0.2, 0) is 0 Å². The van der Waals surface area contributed by atoms with Crippen molar-refractivity contribution in [1.82, 2.24) is 0 Å². The van der Waals surface area contributed by atoms with Gasteiger partial charge in [-0.2, -0.15) is 0 Å². The van der Waals surface area contributed by atoms with Crippen LogP contribution in [0, 0.1) is 0 Å². The van der Waals surface area contributed by atoms with Crippen molar-refractivity contribution < 1.29 is 9.90 Å². The highest BCUT2D eigenvalue weighted by atomic mass is 32.1. The van der Waals surface area contributed by atoms with Gasteiger partial charge in [-0.3, -0.25) is 4.79 Å². The Kier molecular flexibility index (Phi) is 1.70. The van der Waals surface area contributed by atoms with Gasteiger partial charge in [0, 0.05) is 15.8 Å². The number of carbonyl (C=O) groups is 1. The Morgan fingerprint density at radius 2 is 2.23 bits per heavy atom. The van der Waals surface area contributed by atoms with Gasteiger partial charge in [-0.15, -0.1) is 0 Å². The molecule has 0 aliphatic carbocycles.